The van der Waals surface area contributed by atoms with Gasteiger partial charge in [0.1, 0.15) is 17.4 Å². The van der Waals surface area contributed by atoms with E-state index in [9.17, 15) is 10.1 Å². The van der Waals surface area contributed by atoms with Crippen molar-refractivity contribution in [3.8, 4) is 6.07 Å². The molecule has 122 valence electrons. The molecule has 0 bridgehead atoms. The topological polar surface area (TPSA) is 66.0 Å². The fraction of sp³-hybridized carbons (Fsp3) is 0. The highest BCUT2D eigenvalue weighted by Gasteiger charge is 2.11. The van der Waals surface area contributed by atoms with E-state index in [4.69, 9.17) is 4.42 Å². The van der Waals surface area contributed by atoms with Crippen molar-refractivity contribution in [2.75, 3.05) is 5.32 Å². The summed E-state index contributed by atoms with van der Waals surface area (Å²) >= 11 is 1.47. The van der Waals surface area contributed by atoms with Crippen LogP contribution >= 0.6 is 11.8 Å². The van der Waals surface area contributed by atoms with Crippen LogP contribution in [0.2, 0.25) is 0 Å². The molecule has 0 unspecified atom stereocenters. The lowest BCUT2D eigenvalue weighted by atomic mass is 10.2. The molecule has 0 radical (unpaired) electrons. The summed E-state index contributed by atoms with van der Waals surface area (Å²) < 4.78 is 5.68. The zero-order chi connectivity index (χ0) is 17.5. The van der Waals surface area contributed by atoms with Crippen molar-refractivity contribution < 1.29 is 9.21 Å². The average molecular weight is 346 g/mol. The molecule has 1 amide bonds. The second-order valence-corrected chi connectivity index (χ2v) is 6.14. The van der Waals surface area contributed by atoms with E-state index < -0.39 is 5.91 Å². The van der Waals surface area contributed by atoms with Crippen LogP contribution in [-0.4, -0.2) is 5.91 Å². The van der Waals surface area contributed by atoms with E-state index in [1.165, 1.54) is 17.8 Å². The van der Waals surface area contributed by atoms with Crippen molar-refractivity contribution in [2.24, 2.45) is 0 Å². The van der Waals surface area contributed by atoms with Gasteiger partial charge in [-0.05, 0) is 36.4 Å². The maximum atomic E-state index is 12.2. The van der Waals surface area contributed by atoms with Gasteiger partial charge in [-0.2, -0.15) is 5.26 Å². The molecule has 25 heavy (non-hydrogen) atoms. The number of benzene rings is 2. The fourth-order valence-electron chi connectivity index (χ4n) is 2.08. The third-order valence-corrected chi connectivity index (χ3v) is 4.18. The highest BCUT2D eigenvalue weighted by atomic mass is 32.2. The summed E-state index contributed by atoms with van der Waals surface area (Å²) in [6.45, 7) is 0. The van der Waals surface area contributed by atoms with Gasteiger partial charge in [-0.15, -0.1) is 0 Å². The second-order valence-electron chi connectivity index (χ2n) is 5.06. The van der Waals surface area contributed by atoms with Crippen LogP contribution in [0, 0.1) is 11.3 Å². The molecule has 3 rings (SSSR count). The van der Waals surface area contributed by atoms with E-state index in [1.54, 1.807) is 18.2 Å². The van der Waals surface area contributed by atoms with Gasteiger partial charge >= 0.3 is 0 Å². The van der Waals surface area contributed by atoms with Crippen LogP contribution in [-0.2, 0) is 4.79 Å². The minimum Gasteiger partial charge on any atom is -0.450 e. The van der Waals surface area contributed by atoms with Crippen LogP contribution in [0.25, 0.3) is 6.08 Å². The van der Waals surface area contributed by atoms with Crippen molar-refractivity contribution in [3.05, 3.63) is 84.1 Å². The van der Waals surface area contributed by atoms with Crippen LogP contribution in [0.5, 0.6) is 0 Å². The van der Waals surface area contributed by atoms with E-state index in [-0.39, 0.29) is 5.57 Å². The number of furan rings is 1. The molecule has 0 atom stereocenters. The number of hydrogen-bond acceptors (Lipinski definition) is 4. The average Bonchev–Trinajstić information content (AvgIpc) is 3.08. The van der Waals surface area contributed by atoms with E-state index in [0.717, 1.165) is 4.90 Å². The molecular weight excluding hydrogens is 332 g/mol. The van der Waals surface area contributed by atoms with Crippen LogP contribution in [0.3, 0.4) is 0 Å². The van der Waals surface area contributed by atoms with Gasteiger partial charge < -0.3 is 9.73 Å². The predicted octanol–water partition coefficient (Wildman–Crippen LogP) is 4.98. The van der Waals surface area contributed by atoms with Crippen LogP contribution in [0.1, 0.15) is 5.76 Å². The molecule has 1 aromatic heterocycles. The summed E-state index contributed by atoms with van der Waals surface area (Å²) in [5.41, 5.74) is 0.614. The number of anilines is 1. The number of rotatable bonds is 5. The Morgan fingerprint density at radius 2 is 1.68 bits per heavy atom. The highest BCUT2D eigenvalue weighted by molar-refractivity contribution is 7.99. The lowest BCUT2D eigenvalue weighted by molar-refractivity contribution is -0.112. The summed E-state index contributed by atoms with van der Waals surface area (Å²) in [5, 5.41) is 12.6. The van der Waals surface area contributed by atoms with Crippen molar-refractivity contribution in [1.29, 1.82) is 5.26 Å². The summed E-state index contributed by atoms with van der Waals surface area (Å²) in [7, 11) is 0. The first kappa shape index (κ1) is 16.6. The maximum absolute atomic E-state index is 12.2. The fourth-order valence-corrected chi connectivity index (χ4v) is 2.88. The second kappa shape index (κ2) is 8.04. The Balaban J connectivity index is 1.72. The van der Waals surface area contributed by atoms with Gasteiger partial charge in [-0.3, -0.25) is 4.79 Å². The SMILES string of the molecule is N#CC(=Cc1ccc(Sc2ccccc2)o1)C(=O)Nc1ccccc1. The van der Waals surface area contributed by atoms with Gasteiger partial charge in [0.25, 0.3) is 5.91 Å². The summed E-state index contributed by atoms with van der Waals surface area (Å²) in [6.07, 6.45) is 1.44. The molecule has 3 aromatic rings. The number of nitriles is 1. The Morgan fingerprint density at radius 1 is 1.00 bits per heavy atom. The number of hydrogen-bond donors (Lipinski definition) is 1. The smallest absolute Gasteiger partial charge is 0.266 e. The monoisotopic (exact) mass is 346 g/mol. The van der Waals surface area contributed by atoms with Gasteiger partial charge in [0, 0.05) is 16.7 Å². The lowest BCUT2D eigenvalue weighted by Gasteiger charge is -2.03. The van der Waals surface area contributed by atoms with Crippen molar-refractivity contribution in [3.63, 3.8) is 0 Å². The minimum absolute atomic E-state index is 0.0190. The van der Waals surface area contributed by atoms with E-state index in [0.29, 0.717) is 16.5 Å². The summed E-state index contributed by atoms with van der Waals surface area (Å²) in [5.74, 6) is -0.0134. The van der Waals surface area contributed by atoms with Crippen molar-refractivity contribution in [2.45, 2.75) is 9.99 Å². The molecule has 1 N–H and O–H groups in total. The first-order valence-electron chi connectivity index (χ1n) is 7.55. The Kier molecular flexibility index (Phi) is 5.35. The Bertz CT molecular complexity index is 925. The summed E-state index contributed by atoms with van der Waals surface area (Å²) in [4.78, 5) is 13.2. The molecule has 0 saturated carbocycles. The standard InChI is InChI=1S/C20H14N2O2S/c21-14-15(20(23)22-16-7-3-1-4-8-16)13-17-11-12-19(24-17)25-18-9-5-2-6-10-18/h1-13H,(H,22,23). The maximum Gasteiger partial charge on any atom is 0.266 e. The number of amides is 1. The van der Waals surface area contributed by atoms with Gasteiger partial charge in [0.05, 0.1) is 0 Å². The quantitative estimate of drug-likeness (QED) is 0.523. The molecule has 2 aromatic carbocycles. The van der Waals surface area contributed by atoms with Gasteiger partial charge in [-0.1, -0.05) is 48.2 Å². The molecule has 0 spiro atoms. The van der Waals surface area contributed by atoms with Crippen molar-refractivity contribution in [1.82, 2.24) is 0 Å². The lowest BCUT2D eigenvalue weighted by Crippen LogP contribution is -2.13. The van der Waals surface area contributed by atoms with Crippen LogP contribution in [0.4, 0.5) is 5.69 Å². The predicted molar refractivity (Wildman–Crippen MR) is 97.9 cm³/mol. The first-order chi connectivity index (χ1) is 12.2. The molecule has 4 nitrogen and oxygen atoms in total. The van der Waals surface area contributed by atoms with Crippen LogP contribution in [0.15, 0.2) is 92.8 Å². The third-order valence-electron chi connectivity index (χ3n) is 3.25. The molecule has 0 saturated heterocycles. The van der Waals surface area contributed by atoms with Crippen molar-refractivity contribution >= 4 is 29.4 Å². The normalized spacial score (nSPS) is 10.9. The number of carbonyl (C=O) groups is 1. The van der Waals surface area contributed by atoms with Gasteiger partial charge in [-0.25, -0.2) is 0 Å². The number of para-hydroxylation sites is 1. The third kappa shape index (κ3) is 4.63. The van der Waals surface area contributed by atoms with E-state index in [2.05, 4.69) is 5.32 Å². The molecule has 5 heteroatoms. The Labute approximate surface area is 149 Å². The number of nitrogens with zero attached hydrogens (tertiary/aromatic N) is 1. The minimum atomic E-state index is -0.470. The van der Waals surface area contributed by atoms with E-state index >= 15 is 0 Å². The number of carbonyl (C=O) groups excluding carboxylic acids is 1. The zero-order valence-corrected chi connectivity index (χ0v) is 14.0. The molecular formula is C20H14N2O2S. The van der Waals surface area contributed by atoms with Gasteiger partial charge in [0.2, 0.25) is 0 Å². The van der Waals surface area contributed by atoms with Crippen LogP contribution < -0.4 is 5.32 Å². The first-order valence-corrected chi connectivity index (χ1v) is 8.37. The molecule has 0 fully saturated rings. The Hall–Kier alpha value is -3.23. The zero-order valence-electron chi connectivity index (χ0n) is 13.2. The largest absolute Gasteiger partial charge is 0.450 e. The number of nitrogens with one attached hydrogen (secondary N) is 1. The molecule has 0 aliphatic carbocycles. The molecule has 0 aliphatic heterocycles. The highest BCUT2D eigenvalue weighted by Crippen LogP contribution is 2.29. The van der Waals surface area contributed by atoms with E-state index in [1.807, 2.05) is 60.7 Å². The molecule has 1 heterocycles. The Morgan fingerprint density at radius 3 is 2.36 bits per heavy atom. The molecule has 0 aliphatic rings. The summed E-state index contributed by atoms with van der Waals surface area (Å²) in [6, 6.07) is 24.3. The van der Waals surface area contributed by atoms with Gasteiger partial charge in [0.15, 0.2) is 5.09 Å².